The van der Waals surface area contributed by atoms with Crippen LogP contribution in [0.25, 0.3) is 0 Å². The van der Waals surface area contributed by atoms with Crippen LogP contribution in [-0.2, 0) is 25.5 Å². The number of rotatable bonds is 6. The van der Waals surface area contributed by atoms with Gasteiger partial charge in [-0.05, 0) is 42.5 Å². The molecular formula is C24H23BrN2O4. The number of hydrogen-bond acceptors (Lipinski definition) is 4. The van der Waals surface area contributed by atoms with Crippen LogP contribution in [0.5, 0.6) is 0 Å². The zero-order valence-electron chi connectivity index (χ0n) is 16.8. The number of carbonyl (C=O) groups is 3. The molecule has 0 radical (unpaired) electrons. The van der Waals surface area contributed by atoms with Crippen molar-refractivity contribution in [3.05, 3.63) is 60.2 Å². The Morgan fingerprint density at radius 1 is 1.00 bits per heavy atom. The predicted octanol–water partition coefficient (Wildman–Crippen LogP) is 3.77. The smallest absolute Gasteiger partial charge is 0.310 e. The van der Waals surface area contributed by atoms with Gasteiger partial charge in [-0.1, -0.05) is 52.3 Å². The standard InChI is InChI=1S/C24H23BrN2O4/c25-21-16-12-17-20(24(30)31-22(17)21)19(16)23(29)27-15-8-4-7-14(11-15)26-18(28)10-9-13-5-2-1-3-6-13/h1-8,11,16-17,19-22H,9-10,12H2,(H,26,28)(H,27,29)/t16-,17-,19-,20+,21-,22+/m1/s1. The van der Waals surface area contributed by atoms with Crippen molar-refractivity contribution >= 4 is 45.1 Å². The summed E-state index contributed by atoms with van der Waals surface area (Å²) in [6.07, 6.45) is 1.79. The van der Waals surface area contributed by atoms with E-state index in [4.69, 9.17) is 4.74 Å². The largest absolute Gasteiger partial charge is 0.461 e. The summed E-state index contributed by atoms with van der Waals surface area (Å²) in [6.45, 7) is 0. The summed E-state index contributed by atoms with van der Waals surface area (Å²) < 4.78 is 5.49. The molecule has 5 rings (SSSR count). The maximum atomic E-state index is 13.0. The Labute approximate surface area is 188 Å². The van der Waals surface area contributed by atoms with Crippen LogP contribution in [-0.4, -0.2) is 28.7 Å². The van der Waals surface area contributed by atoms with Gasteiger partial charge in [-0.25, -0.2) is 0 Å². The van der Waals surface area contributed by atoms with E-state index in [1.165, 1.54) is 0 Å². The van der Waals surface area contributed by atoms with Crippen LogP contribution in [0, 0.1) is 23.7 Å². The zero-order valence-corrected chi connectivity index (χ0v) is 18.4. The van der Waals surface area contributed by atoms with Crippen LogP contribution in [0.4, 0.5) is 11.4 Å². The zero-order chi connectivity index (χ0) is 21.5. The van der Waals surface area contributed by atoms with E-state index in [-0.39, 0.29) is 52.4 Å². The first-order chi connectivity index (χ1) is 15.0. The number of carbonyl (C=O) groups excluding carboxylic acids is 3. The van der Waals surface area contributed by atoms with Crippen molar-refractivity contribution in [1.82, 2.24) is 0 Å². The number of benzene rings is 2. The summed E-state index contributed by atoms with van der Waals surface area (Å²) in [5, 5.41) is 5.84. The number of aryl methyl sites for hydroxylation is 1. The molecule has 6 atom stereocenters. The van der Waals surface area contributed by atoms with E-state index in [0.29, 0.717) is 24.2 Å². The lowest BCUT2D eigenvalue weighted by Gasteiger charge is -2.27. The third-order valence-corrected chi connectivity index (χ3v) is 7.92. The molecule has 2 bridgehead atoms. The molecule has 2 saturated carbocycles. The summed E-state index contributed by atoms with van der Waals surface area (Å²) in [5.74, 6) is -0.984. The van der Waals surface area contributed by atoms with E-state index in [0.717, 1.165) is 12.0 Å². The Morgan fingerprint density at radius 2 is 1.74 bits per heavy atom. The van der Waals surface area contributed by atoms with Gasteiger partial charge in [0.1, 0.15) is 6.10 Å². The summed E-state index contributed by atoms with van der Waals surface area (Å²) in [6, 6.07) is 17.0. The molecule has 0 aromatic heterocycles. The molecule has 1 aliphatic heterocycles. The Balaban J connectivity index is 1.21. The number of amides is 2. The van der Waals surface area contributed by atoms with Gasteiger partial charge in [0, 0.05) is 23.7 Å². The highest BCUT2D eigenvalue weighted by Crippen LogP contribution is 2.60. The van der Waals surface area contributed by atoms with E-state index in [2.05, 4.69) is 26.6 Å². The van der Waals surface area contributed by atoms with Gasteiger partial charge < -0.3 is 15.4 Å². The number of esters is 1. The van der Waals surface area contributed by atoms with E-state index in [9.17, 15) is 14.4 Å². The maximum Gasteiger partial charge on any atom is 0.310 e. The third kappa shape index (κ3) is 3.76. The summed E-state index contributed by atoms with van der Waals surface area (Å²) in [7, 11) is 0. The van der Waals surface area contributed by atoms with Crippen LogP contribution >= 0.6 is 15.9 Å². The molecule has 1 heterocycles. The average molecular weight is 483 g/mol. The van der Waals surface area contributed by atoms with Crippen molar-refractivity contribution in [2.45, 2.75) is 30.2 Å². The summed E-state index contributed by atoms with van der Waals surface area (Å²) in [4.78, 5) is 37.7. The second-order valence-corrected chi connectivity index (χ2v) is 9.62. The first-order valence-electron chi connectivity index (χ1n) is 10.6. The quantitative estimate of drug-likeness (QED) is 0.484. The molecule has 3 aliphatic rings. The fraction of sp³-hybridized carbons (Fsp3) is 0.375. The van der Waals surface area contributed by atoms with Gasteiger partial charge in [0.05, 0.1) is 16.7 Å². The van der Waals surface area contributed by atoms with Gasteiger partial charge in [0.15, 0.2) is 0 Å². The molecule has 0 unspecified atom stereocenters. The van der Waals surface area contributed by atoms with Gasteiger partial charge in [-0.2, -0.15) is 0 Å². The van der Waals surface area contributed by atoms with E-state index in [1.807, 2.05) is 30.3 Å². The Hall–Kier alpha value is -2.67. The van der Waals surface area contributed by atoms with Crippen molar-refractivity contribution in [3.8, 4) is 0 Å². The average Bonchev–Trinajstić information content (AvgIpc) is 3.37. The molecule has 2 N–H and O–H groups in total. The van der Waals surface area contributed by atoms with Gasteiger partial charge in [-0.15, -0.1) is 0 Å². The fourth-order valence-electron chi connectivity index (χ4n) is 5.36. The highest BCUT2D eigenvalue weighted by atomic mass is 79.9. The number of alkyl halides is 1. The minimum absolute atomic E-state index is 0.0335. The molecule has 2 aromatic rings. The lowest BCUT2D eigenvalue weighted by atomic mass is 9.79. The third-order valence-electron chi connectivity index (χ3n) is 6.72. The van der Waals surface area contributed by atoms with Gasteiger partial charge in [0.2, 0.25) is 11.8 Å². The van der Waals surface area contributed by atoms with Crippen molar-refractivity contribution in [2.75, 3.05) is 10.6 Å². The van der Waals surface area contributed by atoms with Crippen molar-refractivity contribution in [3.63, 3.8) is 0 Å². The van der Waals surface area contributed by atoms with Crippen LogP contribution in [0.15, 0.2) is 54.6 Å². The monoisotopic (exact) mass is 482 g/mol. The van der Waals surface area contributed by atoms with Crippen molar-refractivity contribution in [2.24, 2.45) is 23.7 Å². The number of ether oxygens (including phenoxy) is 1. The molecule has 7 heteroatoms. The number of fused-ring (bicyclic) bond motifs is 1. The molecule has 160 valence electrons. The minimum atomic E-state index is -0.384. The normalized spacial score (nSPS) is 30.2. The lowest BCUT2D eigenvalue weighted by molar-refractivity contribution is -0.145. The molecule has 31 heavy (non-hydrogen) atoms. The topological polar surface area (TPSA) is 84.5 Å². The van der Waals surface area contributed by atoms with Gasteiger partial charge in [-0.3, -0.25) is 14.4 Å². The molecule has 6 nitrogen and oxygen atoms in total. The van der Waals surface area contributed by atoms with Crippen molar-refractivity contribution in [1.29, 1.82) is 0 Å². The molecular weight excluding hydrogens is 460 g/mol. The second kappa shape index (κ2) is 8.11. The summed E-state index contributed by atoms with van der Waals surface area (Å²) >= 11 is 3.64. The second-order valence-electron chi connectivity index (χ2n) is 8.56. The molecule has 2 aromatic carbocycles. The van der Waals surface area contributed by atoms with Gasteiger partial charge in [0.25, 0.3) is 0 Å². The fourth-order valence-corrected chi connectivity index (χ4v) is 6.40. The molecule has 2 aliphatic carbocycles. The number of nitrogens with one attached hydrogen (secondary N) is 2. The Bertz CT molecular complexity index is 1030. The Kier molecular flexibility index (Phi) is 5.30. The van der Waals surface area contributed by atoms with Crippen LogP contribution in [0.2, 0.25) is 0 Å². The number of anilines is 2. The van der Waals surface area contributed by atoms with Crippen LogP contribution < -0.4 is 10.6 Å². The van der Waals surface area contributed by atoms with Crippen LogP contribution in [0.3, 0.4) is 0 Å². The number of hydrogen-bond donors (Lipinski definition) is 2. The van der Waals surface area contributed by atoms with E-state index >= 15 is 0 Å². The highest BCUT2D eigenvalue weighted by Gasteiger charge is 2.67. The molecule has 3 fully saturated rings. The van der Waals surface area contributed by atoms with Crippen LogP contribution in [0.1, 0.15) is 18.4 Å². The number of halogens is 1. The highest BCUT2D eigenvalue weighted by molar-refractivity contribution is 9.09. The first kappa shape index (κ1) is 20.2. The van der Waals surface area contributed by atoms with Gasteiger partial charge >= 0.3 is 5.97 Å². The van der Waals surface area contributed by atoms with Crippen molar-refractivity contribution < 1.29 is 19.1 Å². The summed E-state index contributed by atoms with van der Waals surface area (Å²) in [5.41, 5.74) is 2.34. The maximum absolute atomic E-state index is 13.0. The Morgan fingerprint density at radius 3 is 2.52 bits per heavy atom. The van der Waals surface area contributed by atoms with E-state index < -0.39 is 0 Å². The molecule has 1 saturated heterocycles. The first-order valence-corrected chi connectivity index (χ1v) is 11.5. The lowest BCUT2D eigenvalue weighted by Crippen LogP contribution is -2.40. The molecule has 0 spiro atoms. The van der Waals surface area contributed by atoms with E-state index in [1.54, 1.807) is 24.3 Å². The predicted molar refractivity (Wildman–Crippen MR) is 120 cm³/mol. The molecule has 2 amide bonds. The SMILES string of the molecule is O=C(CCc1ccccc1)Nc1cccc(NC(=O)[C@@H]2[C@H]3C[C@H]4[C@H](OC(=O)[C@@H]42)[C@@H]3Br)c1. The minimum Gasteiger partial charge on any atom is -0.461 e.